The molecule has 0 radical (unpaired) electrons. The topological polar surface area (TPSA) is 29.3 Å². The summed E-state index contributed by atoms with van der Waals surface area (Å²) in [5, 5.41) is 0.698. The molecule has 0 aliphatic rings. The number of benzene rings is 7. The summed E-state index contributed by atoms with van der Waals surface area (Å²) in [6.45, 7) is 13.1. The third-order valence-electron chi connectivity index (χ3n) is 10.1. The maximum Gasteiger partial charge on any atom is 0.0482 e. The number of halogens is 1. The first-order valence-corrected chi connectivity index (χ1v) is 17.9. The molecule has 3 heteroatoms. The molecule has 0 aromatic heterocycles. The van der Waals surface area contributed by atoms with E-state index in [-0.39, 0.29) is 0 Å². The number of rotatable bonds is 7. The van der Waals surface area contributed by atoms with Gasteiger partial charge in [0.1, 0.15) is 0 Å². The van der Waals surface area contributed by atoms with Crippen molar-refractivity contribution in [2.24, 2.45) is 0 Å². The van der Waals surface area contributed by atoms with Crippen LogP contribution in [0, 0.1) is 41.5 Å². The van der Waals surface area contributed by atoms with Crippen LogP contribution in [0.4, 0.5) is 22.7 Å². The van der Waals surface area contributed by atoms with Crippen molar-refractivity contribution in [2.45, 2.75) is 41.5 Å². The minimum atomic E-state index is 0.698. The van der Waals surface area contributed by atoms with Gasteiger partial charge >= 0.3 is 0 Å². The van der Waals surface area contributed by atoms with E-state index in [0.717, 1.165) is 33.9 Å². The number of aryl methyl sites for hydroxylation is 5. The molecule has 0 amide bonds. The molecule has 0 saturated heterocycles. The van der Waals surface area contributed by atoms with E-state index < -0.39 is 0 Å². The third kappa shape index (κ3) is 6.68. The maximum absolute atomic E-state index is 6.94. The number of nitrogens with zero attached hydrogens (tertiary/aromatic N) is 1. The van der Waals surface area contributed by atoms with Gasteiger partial charge in [-0.15, -0.1) is 0 Å². The Hall–Kier alpha value is -5.57. The van der Waals surface area contributed by atoms with Crippen LogP contribution in [0.25, 0.3) is 44.5 Å². The fourth-order valence-electron chi connectivity index (χ4n) is 7.70. The molecule has 0 unspecified atom stereocenters. The SMILES string of the molecule is Cc1cccc(C)c1-c1ccc(N(c2ccc(-c3c(C)ccc(-c4cccc(N)c4)c3C)cc2)c2cc(Cl)cc(-c3c(C)cccc3C)c2)cc1. The van der Waals surface area contributed by atoms with Crippen LogP contribution in [-0.2, 0) is 0 Å². The average Bonchev–Trinajstić information content (AvgIpc) is 3.09. The van der Waals surface area contributed by atoms with Crippen LogP contribution >= 0.6 is 11.6 Å². The maximum atomic E-state index is 6.94. The van der Waals surface area contributed by atoms with Crippen LogP contribution in [-0.4, -0.2) is 0 Å². The highest BCUT2D eigenvalue weighted by Gasteiger charge is 2.18. The second kappa shape index (κ2) is 14.0. The van der Waals surface area contributed by atoms with Crippen LogP contribution < -0.4 is 10.6 Å². The summed E-state index contributed by atoms with van der Waals surface area (Å²) >= 11 is 6.94. The molecule has 7 rings (SSSR count). The van der Waals surface area contributed by atoms with Crippen molar-refractivity contribution >= 4 is 34.4 Å². The van der Waals surface area contributed by atoms with E-state index in [1.54, 1.807) is 0 Å². The summed E-state index contributed by atoms with van der Waals surface area (Å²) < 4.78 is 0. The van der Waals surface area contributed by atoms with Crippen LogP contribution in [0.15, 0.2) is 140 Å². The molecule has 7 aromatic carbocycles. The van der Waals surface area contributed by atoms with Gasteiger partial charge in [0, 0.05) is 27.8 Å². The lowest BCUT2D eigenvalue weighted by atomic mass is 9.89. The molecular weight excluding hydrogens is 640 g/mol. The van der Waals surface area contributed by atoms with Gasteiger partial charge in [-0.05, 0) is 174 Å². The minimum absolute atomic E-state index is 0.698. The van der Waals surface area contributed by atoms with Crippen molar-refractivity contribution in [1.29, 1.82) is 0 Å². The smallest absolute Gasteiger partial charge is 0.0482 e. The first kappa shape index (κ1) is 33.9. The Balaban J connectivity index is 1.36. The second-order valence-electron chi connectivity index (χ2n) is 13.7. The van der Waals surface area contributed by atoms with E-state index in [4.69, 9.17) is 17.3 Å². The summed E-state index contributed by atoms with van der Waals surface area (Å²) in [6.07, 6.45) is 0. The zero-order valence-corrected chi connectivity index (χ0v) is 30.9. The highest BCUT2D eigenvalue weighted by atomic mass is 35.5. The zero-order chi connectivity index (χ0) is 35.8. The number of nitrogens with two attached hydrogens (primary N) is 1. The van der Waals surface area contributed by atoms with Crippen molar-refractivity contribution < 1.29 is 0 Å². The van der Waals surface area contributed by atoms with Crippen molar-refractivity contribution in [1.82, 2.24) is 0 Å². The van der Waals surface area contributed by atoms with E-state index in [1.165, 1.54) is 66.8 Å². The minimum Gasteiger partial charge on any atom is -0.399 e. The summed E-state index contributed by atoms with van der Waals surface area (Å²) in [7, 11) is 0. The van der Waals surface area contributed by atoms with E-state index >= 15 is 0 Å². The Labute approximate surface area is 307 Å². The van der Waals surface area contributed by atoms with Crippen molar-refractivity contribution in [3.05, 3.63) is 178 Å². The fourth-order valence-corrected chi connectivity index (χ4v) is 7.93. The largest absolute Gasteiger partial charge is 0.399 e. The highest BCUT2D eigenvalue weighted by Crippen LogP contribution is 2.42. The van der Waals surface area contributed by atoms with E-state index in [2.05, 4.69) is 168 Å². The lowest BCUT2D eigenvalue weighted by Crippen LogP contribution is -2.10. The Morgan fingerprint density at radius 3 is 1.45 bits per heavy atom. The molecule has 2 N–H and O–H groups in total. The molecule has 0 aliphatic heterocycles. The van der Waals surface area contributed by atoms with Gasteiger partial charge in [0.2, 0.25) is 0 Å². The zero-order valence-electron chi connectivity index (χ0n) is 30.2. The summed E-state index contributed by atoms with van der Waals surface area (Å²) in [5.74, 6) is 0. The number of nitrogen functional groups attached to an aromatic ring is 1. The molecule has 0 heterocycles. The molecule has 51 heavy (non-hydrogen) atoms. The van der Waals surface area contributed by atoms with Crippen molar-refractivity contribution in [2.75, 3.05) is 10.6 Å². The van der Waals surface area contributed by atoms with Gasteiger partial charge in [-0.3, -0.25) is 0 Å². The summed E-state index contributed by atoms with van der Waals surface area (Å²) in [5.41, 5.74) is 27.1. The molecule has 0 saturated carbocycles. The quantitative estimate of drug-likeness (QED) is 0.170. The molecule has 2 nitrogen and oxygen atoms in total. The highest BCUT2D eigenvalue weighted by molar-refractivity contribution is 6.31. The fraction of sp³-hybridized carbons (Fsp3) is 0.125. The van der Waals surface area contributed by atoms with E-state index in [9.17, 15) is 0 Å². The Bertz CT molecular complexity index is 2350. The molecule has 0 bridgehead atoms. The van der Waals surface area contributed by atoms with Gasteiger partial charge < -0.3 is 10.6 Å². The van der Waals surface area contributed by atoms with E-state index in [1.807, 2.05) is 18.2 Å². The van der Waals surface area contributed by atoms with Crippen LogP contribution in [0.2, 0.25) is 5.02 Å². The van der Waals surface area contributed by atoms with Gasteiger partial charge in [-0.1, -0.05) is 96.5 Å². The lowest BCUT2D eigenvalue weighted by Gasteiger charge is -2.27. The lowest BCUT2D eigenvalue weighted by molar-refractivity contribution is 1.28. The number of hydrogen-bond acceptors (Lipinski definition) is 2. The van der Waals surface area contributed by atoms with Crippen LogP contribution in [0.1, 0.15) is 33.4 Å². The average molecular weight is 683 g/mol. The Kier molecular flexibility index (Phi) is 9.29. The predicted octanol–water partition coefficient (Wildman–Crippen LogP) is 13.9. The summed E-state index contributed by atoms with van der Waals surface area (Å²) in [4.78, 5) is 2.31. The molecule has 0 aliphatic carbocycles. The monoisotopic (exact) mass is 682 g/mol. The second-order valence-corrected chi connectivity index (χ2v) is 14.2. The molecule has 0 atom stereocenters. The molecule has 0 fully saturated rings. The molecule has 7 aromatic rings. The first-order valence-electron chi connectivity index (χ1n) is 17.5. The molecule has 0 spiro atoms. The first-order chi connectivity index (χ1) is 24.6. The van der Waals surface area contributed by atoms with Gasteiger partial charge in [0.05, 0.1) is 0 Å². The van der Waals surface area contributed by atoms with Gasteiger partial charge in [-0.25, -0.2) is 0 Å². The predicted molar refractivity (Wildman–Crippen MR) is 221 cm³/mol. The number of anilines is 4. The van der Waals surface area contributed by atoms with Gasteiger partial charge in [0.15, 0.2) is 0 Å². The number of hydrogen-bond donors (Lipinski definition) is 1. The van der Waals surface area contributed by atoms with Gasteiger partial charge in [0.25, 0.3) is 0 Å². The normalized spacial score (nSPS) is 11.1. The Morgan fingerprint density at radius 2 is 0.902 bits per heavy atom. The van der Waals surface area contributed by atoms with E-state index in [0.29, 0.717) is 5.02 Å². The van der Waals surface area contributed by atoms with Crippen molar-refractivity contribution in [3.63, 3.8) is 0 Å². The van der Waals surface area contributed by atoms with Crippen LogP contribution in [0.3, 0.4) is 0 Å². The van der Waals surface area contributed by atoms with Gasteiger partial charge in [-0.2, -0.15) is 0 Å². The molecular formula is C48H43ClN2. The third-order valence-corrected chi connectivity index (χ3v) is 10.3. The summed E-state index contributed by atoms with van der Waals surface area (Å²) in [6, 6.07) is 49.7. The Morgan fingerprint density at radius 1 is 0.412 bits per heavy atom. The standard InChI is InChI=1S/C48H43ClN2/c1-30-10-7-11-31(2)46(30)36-17-21-42(22-18-36)51(44-28-39(26-40(49)29-44)47-32(3)12-8-13-33(47)4)43-23-19-37(20-24-43)48-34(5)16-25-45(35(48)6)38-14-9-15-41(50)27-38/h7-29H,50H2,1-6H3. The van der Waals surface area contributed by atoms with Crippen LogP contribution in [0.5, 0.6) is 0 Å². The molecule has 252 valence electrons. The van der Waals surface area contributed by atoms with Crippen molar-refractivity contribution in [3.8, 4) is 44.5 Å².